The summed E-state index contributed by atoms with van der Waals surface area (Å²) < 4.78 is 78.7. The molecule has 0 spiro atoms. The van der Waals surface area contributed by atoms with Crippen LogP contribution in [0.1, 0.15) is 26.7 Å². The molecule has 0 aromatic carbocycles. The van der Waals surface area contributed by atoms with Crippen LogP contribution in [0, 0.1) is 0 Å². The van der Waals surface area contributed by atoms with Gasteiger partial charge in [0.2, 0.25) is 0 Å². The number of alkyl halides is 6. The summed E-state index contributed by atoms with van der Waals surface area (Å²) in [6.45, 7) is -0.673. The van der Waals surface area contributed by atoms with Crippen molar-refractivity contribution in [3.05, 3.63) is 0 Å². The average molecular weight is 266 g/mol. The van der Waals surface area contributed by atoms with E-state index in [1.807, 2.05) is 0 Å². The molecule has 1 unspecified atom stereocenters. The molecule has 0 saturated heterocycles. The SMILES string of the molecule is CCCC(=O)OCC(F)(F)C(C)(F)C(F)(F)F. The molecule has 0 N–H and O–H groups in total. The van der Waals surface area contributed by atoms with Crippen molar-refractivity contribution in [2.45, 2.75) is 44.5 Å². The van der Waals surface area contributed by atoms with Gasteiger partial charge in [-0.05, 0) is 13.3 Å². The van der Waals surface area contributed by atoms with Crippen LogP contribution in [0.4, 0.5) is 26.3 Å². The Balaban J connectivity index is 4.63. The van der Waals surface area contributed by atoms with Gasteiger partial charge in [0.25, 0.3) is 5.67 Å². The number of hydrogen-bond acceptors (Lipinski definition) is 2. The Hall–Kier alpha value is -0.950. The Bertz CT molecular complexity index is 271. The van der Waals surface area contributed by atoms with Gasteiger partial charge in [0, 0.05) is 6.42 Å². The minimum absolute atomic E-state index is 0.217. The lowest BCUT2D eigenvalue weighted by atomic mass is 10.0. The molecule has 1 atom stereocenters. The van der Waals surface area contributed by atoms with E-state index in [0.29, 0.717) is 0 Å². The molecule has 8 heteroatoms. The van der Waals surface area contributed by atoms with Gasteiger partial charge < -0.3 is 4.74 Å². The number of halogens is 6. The molecular weight excluding hydrogens is 254 g/mol. The molecule has 0 amide bonds. The van der Waals surface area contributed by atoms with Crippen molar-refractivity contribution in [1.82, 2.24) is 0 Å². The molecule has 2 nitrogen and oxygen atoms in total. The topological polar surface area (TPSA) is 26.3 Å². The first kappa shape index (κ1) is 16.1. The molecule has 0 aromatic heterocycles. The molecular formula is C9H12F6O2. The van der Waals surface area contributed by atoms with Crippen molar-refractivity contribution in [1.29, 1.82) is 0 Å². The number of hydrogen-bond donors (Lipinski definition) is 0. The predicted molar refractivity (Wildman–Crippen MR) is 46.4 cm³/mol. The maximum Gasteiger partial charge on any atom is 0.428 e. The third-order valence-corrected chi connectivity index (χ3v) is 2.09. The quantitative estimate of drug-likeness (QED) is 0.564. The predicted octanol–water partition coefficient (Wildman–Crippen LogP) is 3.26. The van der Waals surface area contributed by atoms with Crippen molar-refractivity contribution in [3.63, 3.8) is 0 Å². The van der Waals surface area contributed by atoms with Gasteiger partial charge in [-0.1, -0.05) is 6.92 Å². The molecule has 17 heavy (non-hydrogen) atoms. The van der Waals surface area contributed by atoms with E-state index in [2.05, 4.69) is 4.74 Å². The normalized spacial score (nSPS) is 16.5. The van der Waals surface area contributed by atoms with E-state index in [1.165, 1.54) is 0 Å². The highest BCUT2D eigenvalue weighted by Gasteiger charge is 2.68. The summed E-state index contributed by atoms with van der Waals surface area (Å²) in [7, 11) is 0. The molecule has 0 heterocycles. The Labute approximate surface area is 93.9 Å². The highest BCUT2D eigenvalue weighted by atomic mass is 19.4. The lowest BCUT2D eigenvalue weighted by molar-refractivity contribution is -0.302. The van der Waals surface area contributed by atoms with E-state index >= 15 is 0 Å². The summed E-state index contributed by atoms with van der Waals surface area (Å²) in [6, 6.07) is 0. The van der Waals surface area contributed by atoms with E-state index < -0.39 is 30.3 Å². The molecule has 0 saturated carbocycles. The van der Waals surface area contributed by atoms with Crippen LogP contribution in [-0.4, -0.2) is 30.3 Å². The van der Waals surface area contributed by atoms with Gasteiger partial charge in [-0.15, -0.1) is 0 Å². The maximum absolute atomic E-state index is 12.9. The second-order valence-electron chi connectivity index (χ2n) is 3.62. The monoisotopic (exact) mass is 266 g/mol. The number of esters is 1. The number of carbonyl (C=O) groups excluding carboxylic acids is 1. The number of carbonyl (C=O) groups is 1. The van der Waals surface area contributed by atoms with Crippen LogP contribution in [0.25, 0.3) is 0 Å². The third-order valence-electron chi connectivity index (χ3n) is 2.09. The molecule has 0 aliphatic rings. The Kier molecular flexibility index (Phi) is 4.85. The maximum atomic E-state index is 12.9. The van der Waals surface area contributed by atoms with Gasteiger partial charge in [-0.2, -0.15) is 22.0 Å². The minimum Gasteiger partial charge on any atom is -0.459 e. The van der Waals surface area contributed by atoms with E-state index in [0.717, 1.165) is 0 Å². The number of rotatable bonds is 5. The van der Waals surface area contributed by atoms with Crippen molar-refractivity contribution < 1.29 is 35.9 Å². The standard InChI is InChI=1S/C9H12F6O2/c1-3-4-6(16)17-5-8(11,12)7(2,10)9(13,14)15/h3-5H2,1-2H3. The first-order chi connectivity index (χ1) is 7.45. The fourth-order valence-corrected chi connectivity index (χ4v) is 0.790. The molecule has 0 aliphatic heterocycles. The third kappa shape index (κ3) is 3.78. The van der Waals surface area contributed by atoms with Crippen LogP contribution in [-0.2, 0) is 9.53 Å². The Morgan fingerprint density at radius 2 is 1.59 bits per heavy atom. The van der Waals surface area contributed by atoms with E-state index in [1.54, 1.807) is 6.92 Å². The van der Waals surface area contributed by atoms with Gasteiger partial charge >= 0.3 is 18.1 Å². The summed E-state index contributed by atoms with van der Waals surface area (Å²) in [4.78, 5) is 10.7. The first-order valence-corrected chi connectivity index (χ1v) is 4.75. The molecule has 0 aromatic rings. The molecule has 0 rings (SSSR count). The van der Waals surface area contributed by atoms with Crippen LogP contribution < -0.4 is 0 Å². The Morgan fingerprint density at radius 3 is 1.94 bits per heavy atom. The molecule has 0 fully saturated rings. The zero-order valence-corrected chi connectivity index (χ0v) is 9.21. The molecule has 102 valence electrons. The highest BCUT2D eigenvalue weighted by molar-refractivity contribution is 5.69. The first-order valence-electron chi connectivity index (χ1n) is 4.75. The van der Waals surface area contributed by atoms with Crippen molar-refractivity contribution in [2.24, 2.45) is 0 Å². The van der Waals surface area contributed by atoms with Gasteiger partial charge in [0.1, 0.15) is 0 Å². The minimum atomic E-state index is -5.74. The van der Waals surface area contributed by atoms with Crippen LogP contribution in [0.5, 0.6) is 0 Å². The zero-order chi connectivity index (χ0) is 13.9. The zero-order valence-electron chi connectivity index (χ0n) is 9.21. The van der Waals surface area contributed by atoms with Crippen LogP contribution in [0.3, 0.4) is 0 Å². The van der Waals surface area contributed by atoms with Crippen LogP contribution >= 0.6 is 0 Å². The smallest absolute Gasteiger partial charge is 0.428 e. The molecule has 0 radical (unpaired) electrons. The number of ether oxygens (including phenoxy) is 1. The Morgan fingerprint density at radius 1 is 1.12 bits per heavy atom. The summed E-state index contributed by atoms with van der Waals surface area (Å²) in [6.07, 6.45) is -5.67. The molecule has 0 bridgehead atoms. The van der Waals surface area contributed by atoms with E-state index in [-0.39, 0.29) is 19.8 Å². The summed E-state index contributed by atoms with van der Waals surface area (Å²) in [5.74, 6) is -5.92. The van der Waals surface area contributed by atoms with Crippen molar-refractivity contribution in [2.75, 3.05) is 6.61 Å². The van der Waals surface area contributed by atoms with Gasteiger partial charge in [-0.3, -0.25) is 4.79 Å². The lowest BCUT2D eigenvalue weighted by Gasteiger charge is -2.31. The van der Waals surface area contributed by atoms with Gasteiger partial charge in [-0.25, -0.2) is 4.39 Å². The van der Waals surface area contributed by atoms with E-state index in [9.17, 15) is 31.1 Å². The van der Waals surface area contributed by atoms with Gasteiger partial charge in [0.15, 0.2) is 6.61 Å². The summed E-state index contributed by atoms with van der Waals surface area (Å²) in [5.41, 5.74) is -4.74. The molecule has 0 aliphatic carbocycles. The van der Waals surface area contributed by atoms with Crippen molar-refractivity contribution in [3.8, 4) is 0 Å². The summed E-state index contributed by atoms with van der Waals surface area (Å²) >= 11 is 0. The van der Waals surface area contributed by atoms with Crippen molar-refractivity contribution >= 4 is 5.97 Å². The fraction of sp³-hybridized carbons (Fsp3) is 0.889. The largest absolute Gasteiger partial charge is 0.459 e. The summed E-state index contributed by atoms with van der Waals surface area (Å²) in [5, 5.41) is 0. The fourth-order valence-electron chi connectivity index (χ4n) is 0.790. The lowest BCUT2D eigenvalue weighted by Crippen LogP contribution is -2.55. The van der Waals surface area contributed by atoms with Crippen LogP contribution in [0.2, 0.25) is 0 Å². The average Bonchev–Trinajstić information content (AvgIpc) is 2.13. The van der Waals surface area contributed by atoms with Crippen LogP contribution in [0.15, 0.2) is 0 Å². The second kappa shape index (κ2) is 5.14. The second-order valence-corrected chi connectivity index (χ2v) is 3.62. The van der Waals surface area contributed by atoms with Gasteiger partial charge in [0.05, 0.1) is 0 Å². The van der Waals surface area contributed by atoms with E-state index in [4.69, 9.17) is 0 Å². The highest BCUT2D eigenvalue weighted by Crippen LogP contribution is 2.44.